The van der Waals surface area contributed by atoms with Gasteiger partial charge in [-0.1, -0.05) is 24.3 Å². The Labute approximate surface area is 140 Å². The van der Waals surface area contributed by atoms with E-state index in [-0.39, 0.29) is 11.7 Å². The molecule has 0 bridgehead atoms. The fourth-order valence-electron chi connectivity index (χ4n) is 1.68. The van der Waals surface area contributed by atoms with E-state index in [1.165, 1.54) is 11.8 Å². The lowest BCUT2D eigenvalue weighted by atomic mass is 10.2. The third-order valence-corrected chi connectivity index (χ3v) is 4.66. The second kappa shape index (κ2) is 7.46. The number of amides is 2. The minimum atomic E-state index is -0.409. The molecule has 21 heavy (non-hydrogen) atoms. The molecule has 0 aliphatic rings. The minimum Gasteiger partial charge on any atom is -0.369 e. The summed E-state index contributed by atoms with van der Waals surface area (Å²) >= 11 is 3.43. The van der Waals surface area contributed by atoms with E-state index in [1.54, 1.807) is 18.2 Å². The number of rotatable bonds is 5. The van der Waals surface area contributed by atoms with Gasteiger partial charge in [0.05, 0.1) is 17.0 Å². The zero-order chi connectivity index (χ0) is 15.2. The fourth-order valence-corrected chi connectivity index (χ4v) is 2.99. The van der Waals surface area contributed by atoms with Gasteiger partial charge in [-0.15, -0.1) is 11.8 Å². The van der Waals surface area contributed by atoms with Crippen molar-refractivity contribution < 1.29 is 9.59 Å². The lowest BCUT2D eigenvalue weighted by Crippen LogP contribution is -2.16. The predicted octanol–water partition coefficient (Wildman–Crippen LogP) is 3.12. The molecule has 0 spiro atoms. The van der Waals surface area contributed by atoms with Crippen LogP contribution in [0.3, 0.4) is 0 Å². The molecule has 3 N–H and O–H groups in total. The number of anilines is 1. The second-order valence-corrected chi connectivity index (χ2v) is 6.36. The molecule has 0 saturated carbocycles. The van der Waals surface area contributed by atoms with Crippen molar-refractivity contribution >= 4 is 51.9 Å². The van der Waals surface area contributed by atoms with Crippen LogP contribution in [0.2, 0.25) is 0 Å². The number of benzene rings is 2. The molecule has 2 amide bonds. The van der Waals surface area contributed by atoms with E-state index in [9.17, 15) is 9.59 Å². The van der Waals surface area contributed by atoms with Crippen molar-refractivity contribution in [1.29, 1.82) is 0 Å². The molecule has 6 heteroatoms. The number of hydrogen-bond donors (Lipinski definition) is 2. The van der Waals surface area contributed by atoms with Crippen LogP contribution in [-0.2, 0) is 4.79 Å². The number of thioether (sulfide) groups is 1. The molecule has 2 rings (SSSR count). The molecule has 0 aliphatic heterocycles. The Bertz CT molecular complexity index is 676. The lowest BCUT2D eigenvalue weighted by molar-refractivity contribution is -0.115. The van der Waals surface area contributed by atoms with Crippen molar-refractivity contribution in [3.63, 3.8) is 0 Å². The normalized spacial score (nSPS) is 10.1. The molecule has 0 heterocycles. The van der Waals surface area contributed by atoms with Gasteiger partial charge in [-0.05, 0) is 46.9 Å². The third kappa shape index (κ3) is 4.47. The van der Waals surface area contributed by atoms with Crippen LogP contribution in [0, 0.1) is 3.57 Å². The summed E-state index contributed by atoms with van der Waals surface area (Å²) in [4.78, 5) is 24.0. The second-order valence-electron chi connectivity index (χ2n) is 4.19. The molecular formula is C15H13IN2O2S. The number of carbonyl (C=O) groups excluding carboxylic acids is 2. The van der Waals surface area contributed by atoms with Crippen LogP contribution < -0.4 is 11.1 Å². The highest BCUT2D eigenvalue weighted by Crippen LogP contribution is 2.24. The quantitative estimate of drug-likeness (QED) is 0.586. The molecule has 0 aliphatic carbocycles. The van der Waals surface area contributed by atoms with Crippen LogP contribution in [-0.4, -0.2) is 17.6 Å². The van der Waals surface area contributed by atoms with E-state index >= 15 is 0 Å². The van der Waals surface area contributed by atoms with Gasteiger partial charge in [-0.25, -0.2) is 0 Å². The van der Waals surface area contributed by atoms with Gasteiger partial charge in [0.15, 0.2) is 0 Å². The van der Waals surface area contributed by atoms with Gasteiger partial charge in [0.2, 0.25) is 5.91 Å². The Morgan fingerprint density at radius 3 is 2.48 bits per heavy atom. The molecular weight excluding hydrogens is 399 g/mol. The van der Waals surface area contributed by atoms with E-state index in [1.807, 2.05) is 30.3 Å². The van der Waals surface area contributed by atoms with Crippen molar-refractivity contribution in [3.8, 4) is 0 Å². The van der Waals surface area contributed by atoms with Gasteiger partial charge < -0.3 is 11.1 Å². The van der Waals surface area contributed by atoms with E-state index in [4.69, 9.17) is 5.73 Å². The number of halogens is 1. The van der Waals surface area contributed by atoms with Crippen LogP contribution in [0.25, 0.3) is 0 Å². The summed E-state index contributed by atoms with van der Waals surface area (Å²) in [5.74, 6) is -0.466. The van der Waals surface area contributed by atoms with Gasteiger partial charge >= 0.3 is 0 Å². The molecule has 0 fully saturated rings. The van der Waals surface area contributed by atoms with Crippen molar-refractivity contribution in [3.05, 3.63) is 57.7 Å². The van der Waals surface area contributed by atoms with Crippen LogP contribution in [0.5, 0.6) is 0 Å². The molecule has 108 valence electrons. The van der Waals surface area contributed by atoms with Gasteiger partial charge in [0, 0.05) is 8.47 Å². The Kier molecular flexibility index (Phi) is 5.63. The summed E-state index contributed by atoms with van der Waals surface area (Å²) in [5, 5.41) is 2.88. The number of nitrogens with one attached hydrogen (secondary N) is 1. The van der Waals surface area contributed by atoms with Gasteiger partial charge in [0.1, 0.15) is 0 Å². The predicted molar refractivity (Wildman–Crippen MR) is 93.5 cm³/mol. The maximum Gasteiger partial charge on any atom is 0.256 e. The highest BCUT2D eigenvalue weighted by Gasteiger charge is 2.13. The molecule has 0 radical (unpaired) electrons. The third-order valence-electron chi connectivity index (χ3n) is 2.62. The standard InChI is InChI=1S/C15H13IN2O2S/c16-11-6-2-3-7-12(11)18-15(20)10-5-1-4-8-13(10)21-9-14(17)19/h1-8H,9H2,(H2,17,19)(H,18,20). The topological polar surface area (TPSA) is 72.2 Å². The van der Waals surface area contributed by atoms with Gasteiger partial charge in [-0.2, -0.15) is 0 Å². The Morgan fingerprint density at radius 2 is 1.76 bits per heavy atom. The monoisotopic (exact) mass is 412 g/mol. The molecule has 0 aromatic heterocycles. The average molecular weight is 412 g/mol. The number of carbonyl (C=O) groups is 2. The smallest absolute Gasteiger partial charge is 0.256 e. The van der Waals surface area contributed by atoms with Crippen molar-refractivity contribution in [1.82, 2.24) is 0 Å². The highest BCUT2D eigenvalue weighted by atomic mass is 127. The van der Waals surface area contributed by atoms with Crippen LogP contribution in [0.1, 0.15) is 10.4 Å². The van der Waals surface area contributed by atoms with Crippen LogP contribution in [0.4, 0.5) is 5.69 Å². The Hall–Kier alpha value is -1.54. The molecule has 2 aromatic carbocycles. The van der Waals surface area contributed by atoms with Crippen molar-refractivity contribution in [2.24, 2.45) is 5.73 Å². The molecule has 0 saturated heterocycles. The molecule has 0 atom stereocenters. The zero-order valence-corrected chi connectivity index (χ0v) is 14.0. The SMILES string of the molecule is NC(=O)CSc1ccccc1C(=O)Nc1ccccc1I. The Morgan fingerprint density at radius 1 is 1.10 bits per heavy atom. The van der Waals surface area contributed by atoms with E-state index in [2.05, 4.69) is 27.9 Å². The molecule has 2 aromatic rings. The first-order valence-corrected chi connectivity index (χ1v) is 8.20. The largest absolute Gasteiger partial charge is 0.369 e. The Balaban J connectivity index is 2.19. The van der Waals surface area contributed by atoms with Gasteiger partial charge in [0.25, 0.3) is 5.91 Å². The van der Waals surface area contributed by atoms with Gasteiger partial charge in [-0.3, -0.25) is 9.59 Å². The first kappa shape index (κ1) is 15.8. The van der Waals surface area contributed by atoms with Crippen molar-refractivity contribution in [2.45, 2.75) is 4.90 Å². The average Bonchev–Trinajstić information content (AvgIpc) is 2.47. The van der Waals surface area contributed by atoms with Crippen molar-refractivity contribution in [2.75, 3.05) is 11.1 Å². The van der Waals surface area contributed by atoms with Crippen LogP contribution >= 0.6 is 34.4 Å². The van der Waals surface area contributed by atoms with Crippen LogP contribution in [0.15, 0.2) is 53.4 Å². The van der Waals surface area contributed by atoms with E-state index in [0.717, 1.165) is 14.2 Å². The first-order valence-electron chi connectivity index (χ1n) is 6.14. The fraction of sp³-hybridized carbons (Fsp3) is 0.0667. The number of hydrogen-bond acceptors (Lipinski definition) is 3. The summed E-state index contributed by atoms with van der Waals surface area (Å²) in [6.45, 7) is 0. The number of primary amides is 1. The maximum absolute atomic E-state index is 12.4. The minimum absolute atomic E-state index is 0.146. The summed E-state index contributed by atoms with van der Waals surface area (Å²) < 4.78 is 0.964. The zero-order valence-electron chi connectivity index (χ0n) is 11.0. The lowest BCUT2D eigenvalue weighted by Gasteiger charge is -2.10. The molecule has 0 unspecified atom stereocenters. The first-order chi connectivity index (χ1) is 10.1. The van der Waals surface area contributed by atoms with E-state index in [0.29, 0.717) is 5.56 Å². The summed E-state index contributed by atoms with van der Waals surface area (Å²) in [6.07, 6.45) is 0. The highest BCUT2D eigenvalue weighted by molar-refractivity contribution is 14.1. The molecule has 4 nitrogen and oxygen atoms in total. The van der Waals surface area contributed by atoms with E-state index < -0.39 is 5.91 Å². The summed E-state index contributed by atoms with van der Waals surface area (Å²) in [6, 6.07) is 14.7. The number of para-hydroxylation sites is 1. The summed E-state index contributed by atoms with van der Waals surface area (Å²) in [7, 11) is 0. The summed E-state index contributed by atoms with van der Waals surface area (Å²) in [5.41, 5.74) is 6.44. The number of nitrogens with two attached hydrogens (primary N) is 1. The maximum atomic E-state index is 12.4.